The van der Waals surface area contributed by atoms with E-state index in [1.54, 1.807) is 0 Å². The highest BCUT2D eigenvalue weighted by Gasteiger charge is 2.26. The highest BCUT2D eigenvalue weighted by atomic mass is 31.2. The fourth-order valence-electron chi connectivity index (χ4n) is 5.04. The molecule has 0 aromatic carbocycles. The van der Waals surface area contributed by atoms with Crippen LogP contribution in [0, 0.1) is 0 Å². The van der Waals surface area contributed by atoms with Crippen molar-refractivity contribution in [3.63, 3.8) is 0 Å². The van der Waals surface area contributed by atoms with Gasteiger partial charge in [-0.25, -0.2) is 4.57 Å². The molecule has 0 aliphatic rings. The van der Waals surface area contributed by atoms with Gasteiger partial charge in [0.1, 0.15) is 12.2 Å². The lowest BCUT2D eigenvalue weighted by Crippen LogP contribution is -2.29. The lowest BCUT2D eigenvalue weighted by Gasteiger charge is -2.20. The zero-order valence-electron chi connectivity index (χ0n) is 34.8. The Hall–Kier alpha value is -2.62. The van der Waals surface area contributed by atoms with Gasteiger partial charge in [0.25, 0.3) is 0 Å². The molecule has 0 saturated carbocycles. The van der Waals surface area contributed by atoms with Crippen molar-refractivity contribution in [1.82, 2.24) is 0 Å². The van der Waals surface area contributed by atoms with Gasteiger partial charge >= 0.3 is 13.8 Å². The number of unbranched alkanes of at least 4 members (excludes halogenated alkanes) is 9. The molecule has 3 atom stereocenters. The molecule has 0 radical (unpaired) electrons. The summed E-state index contributed by atoms with van der Waals surface area (Å²) in [5.74, 6) is -0.433. The number of ether oxygens (including phenoxy) is 2. The molecule has 0 fully saturated rings. The summed E-state index contributed by atoms with van der Waals surface area (Å²) in [7, 11) is -4.54. The molecule has 0 aliphatic heterocycles. The first kappa shape index (κ1) is 53.4. The molecule has 0 spiro atoms. The van der Waals surface area contributed by atoms with Crippen molar-refractivity contribution in [3.05, 3.63) is 97.2 Å². The van der Waals surface area contributed by atoms with Crippen LogP contribution in [0.4, 0.5) is 0 Å². The Kier molecular flexibility index (Phi) is 40.0. The fraction of sp³-hybridized carbons (Fsp3) is 0.630. The van der Waals surface area contributed by atoms with Gasteiger partial charge < -0.3 is 24.6 Å². The van der Waals surface area contributed by atoms with Crippen LogP contribution >= 0.6 is 7.82 Å². The Balaban J connectivity index is 4.32. The third kappa shape index (κ3) is 41.0. The molecule has 56 heavy (non-hydrogen) atoms. The van der Waals surface area contributed by atoms with E-state index >= 15 is 0 Å². The van der Waals surface area contributed by atoms with Crippen LogP contribution < -0.4 is 0 Å². The maximum absolute atomic E-state index is 12.6. The quantitative estimate of drug-likeness (QED) is 0.0240. The first-order valence-electron chi connectivity index (χ1n) is 21.2. The molecular formula is C46H77O9P. The number of carbonyl (C=O) groups excluding carboxylic acids is 1. The minimum Gasteiger partial charge on any atom is -0.457 e. The van der Waals surface area contributed by atoms with Crippen LogP contribution in [-0.4, -0.2) is 66.3 Å². The minimum absolute atomic E-state index is 0.0174. The van der Waals surface area contributed by atoms with Gasteiger partial charge in [-0.15, -0.1) is 0 Å². The van der Waals surface area contributed by atoms with Gasteiger partial charge in [0.15, 0.2) is 0 Å². The van der Waals surface area contributed by atoms with Crippen molar-refractivity contribution < 1.29 is 43.0 Å². The monoisotopic (exact) mass is 805 g/mol. The standard InChI is InChI=1S/C46H77O9P/c1-3-5-7-9-11-13-15-17-19-20-21-22-23-24-25-26-28-30-32-34-36-38-46(49)55-45(43-54-56(50,51)53-41-44(48)40-47)42-52-39-37-35-33-31-29-27-18-16-14-12-10-8-6-4-2/h5,7-8,10-11,13-14,16-17,19,21-22,24-25,28,30,44-45,47-48H,3-4,6,9,12,15,18,20,23,26-27,29,31-43H2,1-2H3,(H,50,51)/b7-5-,10-8-,13-11-,16-14-,19-17-,22-21-,25-24-,30-28-. The second kappa shape index (κ2) is 42.0. The number of rotatable bonds is 39. The summed E-state index contributed by atoms with van der Waals surface area (Å²) in [4.78, 5) is 22.6. The molecule has 0 rings (SSSR count). The van der Waals surface area contributed by atoms with Crippen LogP contribution in [0.3, 0.4) is 0 Å². The normalized spacial score (nSPS) is 15.0. The van der Waals surface area contributed by atoms with Crippen molar-refractivity contribution in [2.24, 2.45) is 0 Å². The zero-order valence-corrected chi connectivity index (χ0v) is 35.7. The topological polar surface area (TPSA) is 132 Å². The Morgan fingerprint density at radius 3 is 1.54 bits per heavy atom. The molecule has 10 heteroatoms. The van der Waals surface area contributed by atoms with Crippen molar-refractivity contribution >= 4 is 13.8 Å². The molecular weight excluding hydrogens is 727 g/mol. The van der Waals surface area contributed by atoms with E-state index in [9.17, 15) is 19.4 Å². The molecule has 0 aromatic rings. The Morgan fingerprint density at radius 2 is 1.02 bits per heavy atom. The van der Waals surface area contributed by atoms with Crippen molar-refractivity contribution in [2.45, 2.75) is 154 Å². The molecule has 0 bridgehead atoms. The van der Waals surface area contributed by atoms with Crippen molar-refractivity contribution in [1.29, 1.82) is 0 Å². The predicted octanol–water partition coefficient (Wildman–Crippen LogP) is 11.7. The summed E-state index contributed by atoms with van der Waals surface area (Å²) < 4.78 is 33.3. The number of phosphoric acid groups is 1. The van der Waals surface area contributed by atoms with E-state index in [1.807, 2.05) is 0 Å². The largest absolute Gasteiger partial charge is 0.472 e. The van der Waals surface area contributed by atoms with E-state index in [4.69, 9.17) is 23.6 Å². The number of allylic oxidation sites excluding steroid dienone is 16. The van der Waals surface area contributed by atoms with Gasteiger partial charge in [-0.3, -0.25) is 13.8 Å². The van der Waals surface area contributed by atoms with Crippen LogP contribution in [0.1, 0.15) is 142 Å². The second-order valence-corrected chi connectivity index (χ2v) is 15.1. The Morgan fingerprint density at radius 1 is 0.571 bits per heavy atom. The summed E-state index contributed by atoms with van der Waals surface area (Å²) in [6.07, 6.45) is 52.2. The van der Waals surface area contributed by atoms with E-state index in [0.717, 1.165) is 89.9 Å². The summed E-state index contributed by atoms with van der Waals surface area (Å²) in [6.45, 7) is 3.22. The summed E-state index contributed by atoms with van der Waals surface area (Å²) in [6, 6.07) is 0. The maximum atomic E-state index is 12.6. The maximum Gasteiger partial charge on any atom is 0.472 e. The van der Waals surface area contributed by atoms with Crippen molar-refractivity contribution in [2.75, 3.05) is 33.0 Å². The van der Waals surface area contributed by atoms with Crippen LogP contribution in [0.15, 0.2) is 97.2 Å². The number of phosphoric ester groups is 1. The van der Waals surface area contributed by atoms with Crippen molar-refractivity contribution in [3.8, 4) is 0 Å². The number of aliphatic hydroxyl groups is 2. The highest BCUT2D eigenvalue weighted by Crippen LogP contribution is 2.43. The lowest BCUT2D eigenvalue weighted by molar-refractivity contribution is -0.154. The SMILES string of the molecule is CC/C=C\C/C=C\C/C=C\C/C=C\C/C=C\C/C=C\CCCCC(=O)OC(COCCCCCCCC/C=C\C/C=C\CCC)COP(=O)(O)OCC(O)CO. The minimum atomic E-state index is -4.54. The average Bonchev–Trinajstić information content (AvgIpc) is 3.19. The van der Waals surface area contributed by atoms with E-state index in [-0.39, 0.29) is 13.0 Å². The summed E-state index contributed by atoms with van der Waals surface area (Å²) in [5.41, 5.74) is 0. The van der Waals surface area contributed by atoms with E-state index in [2.05, 4.69) is 111 Å². The number of aliphatic hydroxyl groups excluding tert-OH is 2. The molecule has 320 valence electrons. The molecule has 0 heterocycles. The van der Waals surface area contributed by atoms with Crippen LogP contribution in [0.5, 0.6) is 0 Å². The van der Waals surface area contributed by atoms with Gasteiger partial charge in [0.05, 0.1) is 26.4 Å². The fourth-order valence-corrected chi connectivity index (χ4v) is 5.83. The summed E-state index contributed by atoms with van der Waals surface area (Å²) in [5, 5.41) is 18.3. The highest BCUT2D eigenvalue weighted by molar-refractivity contribution is 7.47. The second-order valence-electron chi connectivity index (χ2n) is 13.6. The number of esters is 1. The predicted molar refractivity (Wildman–Crippen MR) is 232 cm³/mol. The molecule has 0 aromatic heterocycles. The van der Waals surface area contributed by atoms with E-state index in [1.165, 1.54) is 25.7 Å². The van der Waals surface area contributed by atoms with Gasteiger partial charge in [0.2, 0.25) is 0 Å². The third-order valence-corrected chi connectivity index (χ3v) is 9.19. The van der Waals surface area contributed by atoms with Gasteiger partial charge in [-0.1, -0.05) is 143 Å². The molecule has 9 nitrogen and oxygen atoms in total. The van der Waals surface area contributed by atoms with Gasteiger partial charge in [-0.2, -0.15) is 0 Å². The number of hydrogen-bond donors (Lipinski definition) is 3. The van der Waals surface area contributed by atoms with E-state index in [0.29, 0.717) is 13.0 Å². The molecule has 0 aliphatic carbocycles. The van der Waals surface area contributed by atoms with Crippen LogP contribution in [-0.2, 0) is 27.9 Å². The first-order chi connectivity index (χ1) is 27.3. The molecule has 0 amide bonds. The van der Waals surface area contributed by atoms with Crippen LogP contribution in [0.25, 0.3) is 0 Å². The van der Waals surface area contributed by atoms with Gasteiger partial charge in [0, 0.05) is 13.0 Å². The molecule has 3 N–H and O–H groups in total. The smallest absolute Gasteiger partial charge is 0.457 e. The van der Waals surface area contributed by atoms with E-state index < -0.39 is 45.8 Å². The Bertz CT molecular complexity index is 1190. The molecule has 0 saturated heterocycles. The summed E-state index contributed by atoms with van der Waals surface area (Å²) >= 11 is 0. The molecule has 3 unspecified atom stereocenters. The third-order valence-electron chi connectivity index (χ3n) is 8.23. The number of carbonyl (C=O) groups is 1. The zero-order chi connectivity index (χ0) is 41.1. The first-order valence-corrected chi connectivity index (χ1v) is 22.7. The average molecular weight is 805 g/mol. The lowest BCUT2D eigenvalue weighted by atomic mass is 10.1. The van der Waals surface area contributed by atoms with Crippen LogP contribution in [0.2, 0.25) is 0 Å². The van der Waals surface area contributed by atoms with Gasteiger partial charge in [-0.05, 0) is 89.9 Å². The number of hydrogen-bond acceptors (Lipinski definition) is 8. The Labute approximate surface area is 340 Å².